The molecular weight excluding hydrogens is 300 g/mol. The predicted octanol–water partition coefficient (Wildman–Crippen LogP) is 2.48. The fourth-order valence-corrected chi connectivity index (χ4v) is 3.03. The molecule has 1 aliphatic rings. The van der Waals surface area contributed by atoms with Gasteiger partial charge in [-0.2, -0.15) is 0 Å². The maximum Gasteiger partial charge on any atom is 0.257 e. The number of amides is 2. The highest BCUT2D eigenvalue weighted by molar-refractivity contribution is 7.15. The molecule has 1 aliphatic heterocycles. The molecular formula is C15H16N4O2S. The van der Waals surface area contributed by atoms with E-state index in [4.69, 9.17) is 0 Å². The average molecular weight is 316 g/mol. The smallest absolute Gasteiger partial charge is 0.257 e. The summed E-state index contributed by atoms with van der Waals surface area (Å²) in [6, 6.07) is 7.09. The van der Waals surface area contributed by atoms with Crippen LogP contribution in [0.5, 0.6) is 0 Å². The molecule has 0 spiro atoms. The van der Waals surface area contributed by atoms with Crippen molar-refractivity contribution in [1.29, 1.82) is 0 Å². The maximum absolute atomic E-state index is 12.3. The van der Waals surface area contributed by atoms with Gasteiger partial charge in [0.15, 0.2) is 0 Å². The van der Waals surface area contributed by atoms with Gasteiger partial charge in [-0.05, 0) is 31.0 Å². The summed E-state index contributed by atoms with van der Waals surface area (Å²) in [5.41, 5.74) is 1.27. The number of aromatic nitrogens is 2. The number of aryl methyl sites for hydroxylation is 1. The van der Waals surface area contributed by atoms with E-state index in [2.05, 4.69) is 15.5 Å². The van der Waals surface area contributed by atoms with Crippen molar-refractivity contribution in [3.05, 3.63) is 34.8 Å². The fourth-order valence-electron chi connectivity index (χ4n) is 2.35. The van der Waals surface area contributed by atoms with Gasteiger partial charge in [-0.25, -0.2) is 0 Å². The van der Waals surface area contributed by atoms with Crippen LogP contribution in [0.25, 0.3) is 0 Å². The van der Waals surface area contributed by atoms with Crippen LogP contribution >= 0.6 is 11.3 Å². The zero-order chi connectivity index (χ0) is 15.5. The Bertz CT molecular complexity index is 713. The van der Waals surface area contributed by atoms with Crippen molar-refractivity contribution in [2.75, 3.05) is 16.8 Å². The van der Waals surface area contributed by atoms with Crippen LogP contribution < -0.4 is 10.2 Å². The molecule has 1 aromatic carbocycles. The van der Waals surface area contributed by atoms with Crippen molar-refractivity contribution in [2.45, 2.75) is 26.2 Å². The lowest BCUT2D eigenvalue weighted by atomic mass is 10.2. The van der Waals surface area contributed by atoms with Gasteiger partial charge in [0.25, 0.3) is 5.91 Å². The summed E-state index contributed by atoms with van der Waals surface area (Å²) in [4.78, 5) is 25.8. The van der Waals surface area contributed by atoms with Crippen molar-refractivity contribution in [3.63, 3.8) is 0 Å². The van der Waals surface area contributed by atoms with Crippen molar-refractivity contribution in [2.24, 2.45) is 0 Å². The predicted molar refractivity (Wildman–Crippen MR) is 85.3 cm³/mol. The van der Waals surface area contributed by atoms with Crippen LogP contribution in [0.4, 0.5) is 10.8 Å². The molecule has 114 valence electrons. The van der Waals surface area contributed by atoms with Gasteiger partial charge in [0.05, 0.1) is 0 Å². The van der Waals surface area contributed by atoms with Crippen molar-refractivity contribution < 1.29 is 9.59 Å². The van der Waals surface area contributed by atoms with Crippen molar-refractivity contribution >= 4 is 34.0 Å². The van der Waals surface area contributed by atoms with Crippen LogP contribution in [0.2, 0.25) is 0 Å². The van der Waals surface area contributed by atoms with Crippen LogP contribution in [0.3, 0.4) is 0 Å². The van der Waals surface area contributed by atoms with Gasteiger partial charge < -0.3 is 4.90 Å². The number of hydrogen-bond donors (Lipinski definition) is 1. The van der Waals surface area contributed by atoms with E-state index >= 15 is 0 Å². The van der Waals surface area contributed by atoms with E-state index in [1.807, 2.05) is 13.0 Å². The number of benzene rings is 1. The Kier molecular flexibility index (Phi) is 4.15. The van der Waals surface area contributed by atoms with E-state index in [1.54, 1.807) is 23.1 Å². The van der Waals surface area contributed by atoms with Gasteiger partial charge in [-0.3, -0.25) is 14.9 Å². The molecule has 1 saturated heterocycles. The monoisotopic (exact) mass is 316 g/mol. The van der Waals surface area contributed by atoms with Crippen molar-refractivity contribution in [1.82, 2.24) is 10.2 Å². The van der Waals surface area contributed by atoms with Crippen LogP contribution in [-0.4, -0.2) is 28.6 Å². The van der Waals surface area contributed by atoms with Gasteiger partial charge >= 0.3 is 0 Å². The van der Waals surface area contributed by atoms with Gasteiger partial charge in [0, 0.05) is 24.2 Å². The first-order valence-electron chi connectivity index (χ1n) is 7.21. The summed E-state index contributed by atoms with van der Waals surface area (Å²) in [7, 11) is 0. The highest BCUT2D eigenvalue weighted by Gasteiger charge is 2.22. The maximum atomic E-state index is 12.3. The molecule has 2 amide bonds. The van der Waals surface area contributed by atoms with Crippen LogP contribution in [0, 0.1) is 0 Å². The van der Waals surface area contributed by atoms with Gasteiger partial charge in [0.2, 0.25) is 11.0 Å². The number of carbonyl (C=O) groups is 2. The second kappa shape index (κ2) is 6.23. The van der Waals surface area contributed by atoms with Crippen LogP contribution in [0.15, 0.2) is 24.3 Å². The van der Waals surface area contributed by atoms with Crippen molar-refractivity contribution in [3.8, 4) is 0 Å². The lowest BCUT2D eigenvalue weighted by Crippen LogP contribution is -2.24. The standard InChI is InChI=1S/C15H16N4O2S/c1-2-12-17-18-15(22-12)16-14(21)10-5-3-6-11(9-10)19-8-4-7-13(19)20/h3,5-6,9H,2,4,7-8H2,1H3,(H,16,18,21). The Morgan fingerprint density at radius 2 is 2.27 bits per heavy atom. The van der Waals surface area contributed by atoms with E-state index < -0.39 is 0 Å². The average Bonchev–Trinajstić information content (AvgIpc) is 3.16. The molecule has 0 saturated carbocycles. The van der Waals surface area contributed by atoms with E-state index in [-0.39, 0.29) is 11.8 Å². The third kappa shape index (κ3) is 2.99. The van der Waals surface area contributed by atoms with Gasteiger partial charge in [0.1, 0.15) is 5.01 Å². The largest absolute Gasteiger partial charge is 0.312 e. The number of anilines is 2. The molecule has 1 fully saturated rings. The molecule has 0 bridgehead atoms. The fraction of sp³-hybridized carbons (Fsp3) is 0.333. The molecule has 0 unspecified atom stereocenters. The molecule has 22 heavy (non-hydrogen) atoms. The van der Waals surface area contributed by atoms with Gasteiger partial charge in [-0.1, -0.05) is 24.3 Å². The molecule has 6 nitrogen and oxygen atoms in total. The summed E-state index contributed by atoms with van der Waals surface area (Å²) in [5, 5.41) is 12.0. The van der Waals surface area contributed by atoms with Gasteiger partial charge in [-0.15, -0.1) is 10.2 Å². The summed E-state index contributed by atoms with van der Waals surface area (Å²) in [6.07, 6.45) is 2.22. The lowest BCUT2D eigenvalue weighted by molar-refractivity contribution is -0.117. The molecule has 7 heteroatoms. The number of carbonyl (C=O) groups excluding carboxylic acids is 2. The number of rotatable bonds is 4. The number of nitrogens with one attached hydrogen (secondary N) is 1. The zero-order valence-electron chi connectivity index (χ0n) is 12.2. The second-order valence-electron chi connectivity index (χ2n) is 5.01. The minimum Gasteiger partial charge on any atom is -0.312 e. The zero-order valence-corrected chi connectivity index (χ0v) is 13.0. The van der Waals surface area contributed by atoms with E-state index in [0.29, 0.717) is 23.7 Å². The SMILES string of the molecule is CCc1nnc(NC(=O)c2cccc(N3CCCC3=O)c2)s1. The molecule has 3 rings (SSSR count). The first kappa shape index (κ1) is 14.6. The summed E-state index contributed by atoms with van der Waals surface area (Å²) in [6.45, 7) is 2.70. The molecule has 2 heterocycles. The van der Waals surface area contributed by atoms with E-state index in [1.165, 1.54) is 11.3 Å². The topological polar surface area (TPSA) is 75.2 Å². The quantitative estimate of drug-likeness (QED) is 0.940. The Morgan fingerprint density at radius 3 is 2.95 bits per heavy atom. The third-order valence-corrected chi connectivity index (χ3v) is 4.47. The Labute approximate surface area is 132 Å². The highest BCUT2D eigenvalue weighted by Crippen LogP contribution is 2.23. The Balaban J connectivity index is 1.76. The number of hydrogen-bond acceptors (Lipinski definition) is 5. The first-order chi connectivity index (χ1) is 10.7. The van der Waals surface area contributed by atoms with E-state index in [9.17, 15) is 9.59 Å². The summed E-state index contributed by atoms with van der Waals surface area (Å²) >= 11 is 1.37. The minimum absolute atomic E-state index is 0.106. The normalized spacial score (nSPS) is 14.4. The molecule has 1 aromatic heterocycles. The molecule has 0 atom stereocenters. The molecule has 0 radical (unpaired) electrons. The Morgan fingerprint density at radius 1 is 1.41 bits per heavy atom. The minimum atomic E-state index is -0.243. The Hall–Kier alpha value is -2.28. The molecule has 0 aliphatic carbocycles. The summed E-state index contributed by atoms with van der Waals surface area (Å²) in [5.74, 6) is -0.137. The molecule has 1 N–H and O–H groups in total. The first-order valence-corrected chi connectivity index (χ1v) is 8.03. The second-order valence-corrected chi connectivity index (χ2v) is 6.07. The van der Waals surface area contributed by atoms with Crippen LogP contribution in [-0.2, 0) is 11.2 Å². The lowest BCUT2D eigenvalue weighted by Gasteiger charge is -2.16. The van der Waals surface area contributed by atoms with Crippen LogP contribution in [0.1, 0.15) is 35.1 Å². The highest BCUT2D eigenvalue weighted by atomic mass is 32.1. The molecule has 2 aromatic rings. The number of nitrogens with zero attached hydrogens (tertiary/aromatic N) is 3. The third-order valence-electron chi connectivity index (χ3n) is 3.48. The van der Waals surface area contributed by atoms with E-state index in [0.717, 1.165) is 23.5 Å². The summed E-state index contributed by atoms with van der Waals surface area (Å²) < 4.78 is 0.